The number of amides is 1. The highest BCUT2D eigenvalue weighted by Gasteiger charge is 2.38. The second kappa shape index (κ2) is 5.87. The predicted molar refractivity (Wildman–Crippen MR) is 71.2 cm³/mol. The van der Waals surface area contributed by atoms with Gasteiger partial charge in [-0.3, -0.25) is 9.59 Å². The molecule has 0 bridgehead atoms. The van der Waals surface area contributed by atoms with Crippen molar-refractivity contribution in [2.45, 2.75) is 19.3 Å². The van der Waals surface area contributed by atoms with Gasteiger partial charge in [-0.05, 0) is 34.8 Å². The van der Waals surface area contributed by atoms with Gasteiger partial charge in [-0.1, -0.05) is 6.42 Å². The van der Waals surface area contributed by atoms with Crippen LogP contribution in [0.1, 0.15) is 19.3 Å². The number of carboxylic acids is 1. The minimum absolute atomic E-state index is 0.0771. The maximum absolute atomic E-state index is 13.6. The summed E-state index contributed by atoms with van der Waals surface area (Å²) >= 11 is 2.97. The van der Waals surface area contributed by atoms with Crippen molar-refractivity contribution in [2.75, 3.05) is 5.32 Å². The zero-order chi connectivity index (χ0) is 14.9. The van der Waals surface area contributed by atoms with Gasteiger partial charge >= 0.3 is 5.97 Å². The number of anilines is 1. The van der Waals surface area contributed by atoms with Gasteiger partial charge in [-0.2, -0.15) is 0 Å². The van der Waals surface area contributed by atoms with Gasteiger partial charge in [0.1, 0.15) is 5.82 Å². The van der Waals surface area contributed by atoms with E-state index < -0.39 is 35.3 Å². The fraction of sp³-hybridized carbons (Fsp3) is 0.385. The molecule has 2 N–H and O–H groups in total. The van der Waals surface area contributed by atoms with E-state index in [4.69, 9.17) is 5.11 Å². The van der Waals surface area contributed by atoms with Crippen LogP contribution in [-0.2, 0) is 9.59 Å². The SMILES string of the molecule is O=C(O)[C@H]1CCC[C@H]1C(=O)Nc1c(F)cc(F)cc1Br. The lowest BCUT2D eigenvalue weighted by atomic mass is 9.95. The van der Waals surface area contributed by atoms with Crippen LogP contribution in [0.25, 0.3) is 0 Å². The molecule has 20 heavy (non-hydrogen) atoms. The summed E-state index contributed by atoms with van der Waals surface area (Å²) in [4.78, 5) is 23.1. The molecule has 0 radical (unpaired) electrons. The molecule has 1 aliphatic carbocycles. The molecule has 1 aromatic carbocycles. The number of rotatable bonds is 3. The number of aliphatic carboxylic acids is 1. The number of hydrogen-bond acceptors (Lipinski definition) is 2. The number of halogens is 3. The van der Waals surface area contributed by atoms with Gasteiger partial charge in [0.05, 0.1) is 17.5 Å². The van der Waals surface area contributed by atoms with Crippen LogP contribution in [0, 0.1) is 23.5 Å². The minimum atomic E-state index is -1.03. The Kier molecular flexibility index (Phi) is 4.37. The van der Waals surface area contributed by atoms with Gasteiger partial charge in [-0.25, -0.2) is 8.78 Å². The van der Waals surface area contributed by atoms with E-state index in [1.165, 1.54) is 0 Å². The van der Waals surface area contributed by atoms with E-state index >= 15 is 0 Å². The summed E-state index contributed by atoms with van der Waals surface area (Å²) in [6, 6.07) is 1.69. The average molecular weight is 348 g/mol. The van der Waals surface area contributed by atoms with E-state index in [2.05, 4.69) is 21.2 Å². The largest absolute Gasteiger partial charge is 0.481 e. The van der Waals surface area contributed by atoms with E-state index in [0.717, 1.165) is 6.07 Å². The molecule has 1 amide bonds. The van der Waals surface area contributed by atoms with Crippen LogP contribution >= 0.6 is 15.9 Å². The quantitative estimate of drug-likeness (QED) is 0.882. The highest BCUT2D eigenvalue weighted by Crippen LogP contribution is 2.34. The molecule has 0 aromatic heterocycles. The zero-order valence-corrected chi connectivity index (χ0v) is 11.9. The molecule has 2 rings (SSSR count). The molecule has 1 fully saturated rings. The van der Waals surface area contributed by atoms with Crippen LogP contribution < -0.4 is 5.32 Å². The third-order valence-corrected chi connectivity index (χ3v) is 4.05. The first-order valence-corrected chi connectivity index (χ1v) is 6.87. The Morgan fingerprint density at radius 3 is 2.50 bits per heavy atom. The van der Waals surface area contributed by atoms with E-state index in [-0.39, 0.29) is 10.2 Å². The summed E-state index contributed by atoms with van der Waals surface area (Å²) in [7, 11) is 0. The van der Waals surface area contributed by atoms with Crippen LogP contribution in [-0.4, -0.2) is 17.0 Å². The molecule has 108 valence electrons. The van der Waals surface area contributed by atoms with Crippen LogP contribution in [0.4, 0.5) is 14.5 Å². The van der Waals surface area contributed by atoms with Crippen molar-refractivity contribution in [3.8, 4) is 0 Å². The minimum Gasteiger partial charge on any atom is -0.481 e. The monoisotopic (exact) mass is 347 g/mol. The first-order chi connectivity index (χ1) is 9.40. The maximum atomic E-state index is 13.6. The van der Waals surface area contributed by atoms with Gasteiger partial charge in [0.25, 0.3) is 0 Å². The molecular formula is C13H12BrF2NO3. The molecule has 0 heterocycles. The fourth-order valence-corrected chi connectivity index (χ4v) is 2.95. The first-order valence-electron chi connectivity index (χ1n) is 6.08. The first kappa shape index (κ1) is 14.9. The molecule has 1 aromatic rings. The van der Waals surface area contributed by atoms with Crippen LogP contribution in [0.2, 0.25) is 0 Å². The van der Waals surface area contributed by atoms with E-state index in [1.54, 1.807) is 0 Å². The average Bonchev–Trinajstić information content (AvgIpc) is 2.82. The molecule has 0 saturated heterocycles. The number of hydrogen-bond donors (Lipinski definition) is 2. The van der Waals surface area contributed by atoms with Crippen molar-refractivity contribution in [1.82, 2.24) is 0 Å². The van der Waals surface area contributed by atoms with E-state index in [0.29, 0.717) is 25.3 Å². The Hall–Kier alpha value is -1.50. The van der Waals surface area contributed by atoms with E-state index in [9.17, 15) is 18.4 Å². The van der Waals surface area contributed by atoms with Crippen molar-refractivity contribution in [2.24, 2.45) is 11.8 Å². The van der Waals surface area contributed by atoms with Gasteiger partial charge in [0.15, 0.2) is 5.82 Å². The van der Waals surface area contributed by atoms with Crippen LogP contribution in [0.3, 0.4) is 0 Å². The highest BCUT2D eigenvalue weighted by atomic mass is 79.9. The molecule has 1 saturated carbocycles. The Morgan fingerprint density at radius 1 is 1.25 bits per heavy atom. The summed E-state index contributed by atoms with van der Waals surface area (Å²) in [5.41, 5.74) is -0.174. The Balaban J connectivity index is 2.18. The molecule has 4 nitrogen and oxygen atoms in total. The standard InChI is InChI=1S/C13H12BrF2NO3/c14-9-4-6(15)5-10(16)11(9)17-12(18)7-2-1-3-8(7)13(19)20/h4-5,7-8H,1-3H2,(H,17,18)(H,19,20)/t7-,8+/m1/s1. The van der Waals surface area contributed by atoms with Gasteiger partial charge in [0, 0.05) is 10.5 Å². The molecule has 2 atom stereocenters. The Bertz CT molecular complexity index is 542. The molecule has 0 unspecified atom stereocenters. The third-order valence-electron chi connectivity index (χ3n) is 3.43. The second-order valence-electron chi connectivity index (χ2n) is 4.72. The fourth-order valence-electron chi connectivity index (χ4n) is 2.45. The lowest BCUT2D eigenvalue weighted by Crippen LogP contribution is -2.30. The van der Waals surface area contributed by atoms with Crippen molar-refractivity contribution in [1.29, 1.82) is 0 Å². The number of carbonyl (C=O) groups is 2. The Labute approximate surface area is 122 Å². The summed E-state index contributed by atoms with van der Waals surface area (Å²) in [6.07, 6.45) is 1.52. The van der Waals surface area contributed by atoms with Crippen molar-refractivity contribution < 1.29 is 23.5 Å². The summed E-state index contributed by atoms with van der Waals surface area (Å²) < 4.78 is 26.6. The lowest BCUT2D eigenvalue weighted by molar-refractivity contribution is -0.145. The smallest absolute Gasteiger partial charge is 0.307 e. The van der Waals surface area contributed by atoms with Crippen molar-refractivity contribution in [3.63, 3.8) is 0 Å². The van der Waals surface area contributed by atoms with Crippen molar-refractivity contribution in [3.05, 3.63) is 28.2 Å². The normalized spacial score (nSPS) is 21.8. The summed E-state index contributed by atoms with van der Waals surface area (Å²) in [5.74, 6) is -4.70. The van der Waals surface area contributed by atoms with Gasteiger partial charge < -0.3 is 10.4 Å². The van der Waals surface area contributed by atoms with Crippen LogP contribution in [0.15, 0.2) is 16.6 Å². The number of nitrogens with one attached hydrogen (secondary N) is 1. The third kappa shape index (κ3) is 2.98. The van der Waals surface area contributed by atoms with E-state index in [1.807, 2.05) is 0 Å². The number of benzene rings is 1. The van der Waals surface area contributed by atoms with Crippen LogP contribution in [0.5, 0.6) is 0 Å². The number of carbonyl (C=O) groups excluding carboxylic acids is 1. The summed E-state index contributed by atoms with van der Waals surface area (Å²) in [5, 5.41) is 11.4. The van der Waals surface area contributed by atoms with Crippen molar-refractivity contribution >= 4 is 33.5 Å². The molecule has 1 aliphatic rings. The Morgan fingerprint density at radius 2 is 1.90 bits per heavy atom. The molecule has 0 spiro atoms. The highest BCUT2D eigenvalue weighted by molar-refractivity contribution is 9.10. The second-order valence-corrected chi connectivity index (χ2v) is 5.57. The molecular weight excluding hydrogens is 336 g/mol. The lowest BCUT2D eigenvalue weighted by Gasteiger charge is -2.16. The van der Waals surface area contributed by atoms with Gasteiger partial charge in [0.2, 0.25) is 5.91 Å². The topological polar surface area (TPSA) is 66.4 Å². The van der Waals surface area contributed by atoms with Gasteiger partial charge in [-0.15, -0.1) is 0 Å². The maximum Gasteiger partial charge on any atom is 0.307 e. The molecule has 7 heteroatoms. The number of carboxylic acid groups (broad SMARTS) is 1. The predicted octanol–water partition coefficient (Wildman–Crippen LogP) is 3.17. The summed E-state index contributed by atoms with van der Waals surface area (Å²) in [6.45, 7) is 0. The zero-order valence-electron chi connectivity index (χ0n) is 10.3. The molecule has 0 aliphatic heterocycles.